The molecule has 0 spiro atoms. The third kappa shape index (κ3) is 11.3. The zero-order valence-corrected chi connectivity index (χ0v) is 32.6. The Hall–Kier alpha value is -4.47. The van der Waals surface area contributed by atoms with E-state index in [2.05, 4.69) is 88.4 Å². The number of esters is 1. The summed E-state index contributed by atoms with van der Waals surface area (Å²) in [5, 5.41) is 2.23. The summed E-state index contributed by atoms with van der Waals surface area (Å²) >= 11 is 0. The summed E-state index contributed by atoms with van der Waals surface area (Å²) in [6, 6.07) is 37.1. The Kier molecular flexibility index (Phi) is 15.5. The van der Waals surface area contributed by atoms with Crippen LogP contribution in [-0.2, 0) is 36.6 Å². The number of methoxy groups -OCH3 is 3. The van der Waals surface area contributed by atoms with Crippen LogP contribution in [0.2, 0.25) is 5.04 Å². The van der Waals surface area contributed by atoms with Crippen molar-refractivity contribution in [3.63, 3.8) is 0 Å². The van der Waals surface area contributed by atoms with Gasteiger partial charge < -0.3 is 28.1 Å². The minimum Gasteiger partial charge on any atom is -0.497 e. The highest BCUT2D eigenvalue weighted by Crippen LogP contribution is 2.37. The Bertz CT molecular complexity index is 1640. The van der Waals surface area contributed by atoms with Crippen molar-refractivity contribution in [3.8, 4) is 11.5 Å². The standard InChI is InChI=1S/C44H54O7Si/c1-34(16-14-15-21-43(45)48-7)42(50-32-36-24-28-38(47-6)29-25-36)30-39(49-31-35-22-26-37(46-5)27-23-35)33-51-52(44(2,3)4,40-17-10-8-11-18-40)41-19-12-9-13-20-41/h8-29,34,39,42H,30-33H2,1-7H3/t34?,39?,42-/m1/s1. The first-order valence-electron chi connectivity index (χ1n) is 17.8. The Morgan fingerprint density at radius 1 is 0.692 bits per heavy atom. The number of carbonyl (C=O) groups is 1. The van der Waals surface area contributed by atoms with Crippen molar-refractivity contribution in [2.45, 2.75) is 64.6 Å². The molecule has 8 heteroatoms. The molecule has 0 amide bonds. The van der Waals surface area contributed by atoms with E-state index in [0.29, 0.717) is 26.2 Å². The van der Waals surface area contributed by atoms with Crippen molar-refractivity contribution in [1.82, 2.24) is 0 Å². The third-order valence-corrected chi connectivity index (χ3v) is 14.2. The van der Waals surface area contributed by atoms with Gasteiger partial charge in [0.25, 0.3) is 8.32 Å². The van der Waals surface area contributed by atoms with Crippen LogP contribution in [0.15, 0.2) is 133 Å². The van der Waals surface area contributed by atoms with Crippen molar-refractivity contribution < 1.29 is 32.9 Å². The maximum atomic E-state index is 11.7. The van der Waals surface area contributed by atoms with E-state index in [1.54, 1.807) is 20.3 Å². The average molecular weight is 723 g/mol. The van der Waals surface area contributed by atoms with Crippen molar-refractivity contribution in [1.29, 1.82) is 0 Å². The molecule has 4 aromatic carbocycles. The van der Waals surface area contributed by atoms with Crippen LogP contribution in [0.5, 0.6) is 11.5 Å². The lowest BCUT2D eigenvalue weighted by molar-refractivity contribution is -0.134. The minimum absolute atomic E-state index is 0.0273. The van der Waals surface area contributed by atoms with Crippen molar-refractivity contribution in [2.75, 3.05) is 27.9 Å². The van der Waals surface area contributed by atoms with Gasteiger partial charge in [0.15, 0.2) is 0 Å². The Morgan fingerprint density at radius 3 is 1.65 bits per heavy atom. The fraction of sp³-hybridized carbons (Fsp3) is 0.341. The summed E-state index contributed by atoms with van der Waals surface area (Å²) in [5.41, 5.74) is 2.07. The lowest BCUT2D eigenvalue weighted by Crippen LogP contribution is -2.67. The van der Waals surface area contributed by atoms with Gasteiger partial charge in [0, 0.05) is 18.4 Å². The maximum Gasteiger partial charge on any atom is 0.330 e. The predicted octanol–water partition coefficient (Wildman–Crippen LogP) is 8.06. The minimum atomic E-state index is -2.85. The lowest BCUT2D eigenvalue weighted by atomic mass is 9.98. The van der Waals surface area contributed by atoms with Crippen LogP contribution in [0.25, 0.3) is 0 Å². The summed E-state index contributed by atoms with van der Waals surface area (Å²) < 4.78 is 36.4. The van der Waals surface area contributed by atoms with Crippen LogP contribution in [0.1, 0.15) is 45.2 Å². The highest BCUT2D eigenvalue weighted by Gasteiger charge is 2.50. The van der Waals surface area contributed by atoms with Crippen LogP contribution in [0.3, 0.4) is 0 Å². The van der Waals surface area contributed by atoms with Gasteiger partial charge in [-0.05, 0) is 50.8 Å². The lowest BCUT2D eigenvalue weighted by Gasteiger charge is -2.44. The second-order valence-electron chi connectivity index (χ2n) is 13.8. The van der Waals surface area contributed by atoms with E-state index < -0.39 is 14.3 Å². The first kappa shape index (κ1) is 40.3. The van der Waals surface area contributed by atoms with Gasteiger partial charge in [-0.15, -0.1) is 0 Å². The van der Waals surface area contributed by atoms with Gasteiger partial charge in [-0.1, -0.05) is 131 Å². The number of allylic oxidation sites excluding steroid dienone is 2. The summed E-state index contributed by atoms with van der Waals surface area (Å²) in [5.74, 6) is 1.16. The molecule has 0 saturated heterocycles. The highest BCUT2D eigenvalue weighted by atomic mass is 28.4. The number of carbonyl (C=O) groups excluding carboxylic acids is 1. The van der Waals surface area contributed by atoms with E-state index in [9.17, 15) is 4.79 Å². The largest absolute Gasteiger partial charge is 0.497 e. The molecule has 0 aromatic heterocycles. The average Bonchev–Trinajstić information content (AvgIpc) is 3.17. The fourth-order valence-corrected chi connectivity index (χ4v) is 10.9. The molecule has 0 saturated carbocycles. The summed E-state index contributed by atoms with van der Waals surface area (Å²) in [6.07, 6.45) is 7.00. The van der Waals surface area contributed by atoms with Gasteiger partial charge >= 0.3 is 5.97 Å². The number of benzene rings is 4. The maximum absolute atomic E-state index is 11.7. The highest BCUT2D eigenvalue weighted by molar-refractivity contribution is 6.99. The normalized spacial score (nSPS) is 13.9. The zero-order chi connectivity index (χ0) is 37.4. The van der Waals surface area contributed by atoms with E-state index in [1.165, 1.54) is 23.6 Å². The molecule has 276 valence electrons. The van der Waals surface area contributed by atoms with Crippen LogP contribution in [0.4, 0.5) is 0 Å². The van der Waals surface area contributed by atoms with E-state index in [1.807, 2.05) is 60.7 Å². The fourth-order valence-electron chi connectivity index (χ4n) is 6.28. The first-order chi connectivity index (χ1) is 25.1. The number of hydrogen-bond acceptors (Lipinski definition) is 7. The molecule has 0 fully saturated rings. The summed E-state index contributed by atoms with van der Waals surface area (Å²) in [7, 11) is 1.84. The van der Waals surface area contributed by atoms with Crippen LogP contribution in [-0.4, -0.2) is 54.4 Å². The van der Waals surface area contributed by atoms with Gasteiger partial charge in [-0.3, -0.25) is 0 Å². The molecule has 0 N–H and O–H groups in total. The quantitative estimate of drug-likeness (QED) is 0.0420. The molecule has 4 aromatic rings. The molecule has 0 heterocycles. The van der Waals surface area contributed by atoms with Crippen molar-refractivity contribution >= 4 is 24.7 Å². The van der Waals surface area contributed by atoms with Crippen LogP contribution < -0.4 is 19.8 Å². The molecular formula is C44H54O7Si. The van der Waals surface area contributed by atoms with E-state index in [-0.39, 0.29) is 23.2 Å². The monoisotopic (exact) mass is 722 g/mol. The SMILES string of the molecule is COC(=O)C=CC=CC(C)[C@@H](CC(CO[Si](c1ccccc1)(c1ccccc1)C(C)(C)C)OCc1ccc(OC)cc1)OCc1ccc(OC)cc1. The molecule has 0 radical (unpaired) electrons. The second-order valence-corrected chi connectivity index (χ2v) is 18.1. The van der Waals surface area contributed by atoms with Gasteiger partial charge in [-0.25, -0.2) is 4.79 Å². The van der Waals surface area contributed by atoms with E-state index in [4.69, 9.17) is 28.1 Å². The molecule has 4 rings (SSSR count). The predicted molar refractivity (Wildman–Crippen MR) is 211 cm³/mol. The van der Waals surface area contributed by atoms with Crippen molar-refractivity contribution in [3.05, 3.63) is 145 Å². The van der Waals surface area contributed by atoms with Gasteiger partial charge in [0.05, 0.1) is 53.4 Å². The molecule has 0 aliphatic heterocycles. The molecule has 52 heavy (non-hydrogen) atoms. The van der Waals surface area contributed by atoms with Crippen LogP contribution >= 0.6 is 0 Å². The molecule has 0 bridgehead atoms. The summed E-state index contributed by atoms with van der Waals surface area (Å²) in [6.45, 7) is 10.1. The van der Waals surface area contributed by atoms with Crippen LogP contribution in [0, 0.1) is 5.92 Å². The second kappa shape index (κ2) is 19.9. The molecule has 0 aliphatic carbocycles. The molecular weight excluding hydrogens is 669 g/mol. The molecule has 3 atom stereocenters. The van der Waals surface area contributed by atoms with E-state index >= 15 is 0 Å². The molecule has 0 aliphatic rings. The number of hydrogen-bond donors (Lipinski definition) is 0. The topological polar surface area (TPSA) is 72.5 Å². The van der Waals surface area contributed by atoms with Gasteiger partial charge in [0.1, 0.15) is 11.5 Å². The first-order valence-corrected chi connectivity index (χ1v) is 19.7. The Labute approximate surface area is 311 Å². The Morgan fingerprint density at radius 2 is 1.19 bits per heavy atom. The van der Waals surface area contributed by atoms with Gasteiger partial charge in [-0.2, -0.15) is 0 Å². The van der Waals surface area contributed by atoms with Gasteiger partial charge in [0.2, 0.25) is 0 Å². The molecule has 7 nitrogen and oxygen atoms in total. The third-order valence-electron chi connectivity index (χ3n) is 9.21. The zero-order valence-electron chi connectivity index (χ0n) is 31.6. The smallest absolute Gasteiger partial charge is 0.330 e. The Balaban J connectivity index is 1.68. The van der Waals surface area contributed by atoms with E-state index in [0.717, 1.165) is 22.6 Å². The molecule has 2 unspecified atom stereocenters. The number of ether oxygens (including phenoxy) is 5. The van der Waals surface area contributed by atoms with Crippen molar-refractivity contribution in [2.24, 2.45) is 5.92 Å². The number of rotatable bonds is 19. The summed E-state index contributed by atoms with van der Waals surface area (Å²) in [4.78, 5) is 11.7.